The molecule has 1 aliphatic rings. The average molecular weight is 293 g/mol. The minimum atomic E-state index is 0.143. The summed E-state index contributed by atoms with van der Waals surface area (Å²) >= 11 is 12.3. The van der Waals surface area contributed by atoms with Crippen molar-refractivity contribution in [2.24, 2.45) is 0 Å². The predicted molar refractivity (Wildman–Crippen MR) is 81.8 cm³/mol. The van der Waals surface area contributed by atoms with Gasteiger partial charge < -0.3 is 5.73 Å². The van der Waals surface area contributed by atoms with Crippen molar-refractivity contribution in [3.05, 3.63) is 51.5 Å². The first kappa shape index (κ1) is 12.8. The Balaban J connectivity index is 2.35. The molecule has 0 aromatic heterocycles. The topological polar surface area (TPSA) is 29.3 Å². The summed E-state index contributed by atoms with van der Waals surface area (Å²) in [5, 5.41) is 1.41. The predicted octanol–water partition coefficient (Wildman–Crippen LogP) is 4.21. The van der Waals surface area contributed by atoms with E-state index in [0.29, 0.717) is 5.02 Å². The Kier molecular flexibility index (Phi) is 2.97. The molecule has 0 radical (unpaired) electrons. The molecule has 0 bridgehead atoms. The summed E-state index contributed by atoms with van der Waals surface area (Å²) in [7, 11) is 4.09. The first-order chi connectivity index (χ1) is 8.99. The normalized spacial score (nSPS) is 16.6. The molecular weight excluding hydrogens is 279 g/mol. The molecule has 1 aliphatic carbocycles. The van der Waals surface area contributed by atoms with E-state index in [-0.39, 0.29) is 6.04 Å². The van der Waals surface area contributed by atoms with Gasteiger partial charge in [0, 0.05) is 21.3 Å². The molecule has 4 heteroatoms. The van der Waals surface area contributed by atoms with Gasteiger partial charge in [-0.1, -0.05) is 29.3 Å². The van der Waals surface area contributed by atoms with Crippen LogP contribution in [0.3, 0.4) is 0 Å². The van der Waals surface area contributed by atoms with Gasteiger partial charge >= 0.3 is 0 Å². The SMILES string of the molecule is CN(C)C1c2cc(Cl)ccc2-c2c(N)cc(Cl)cc21. The monoisotopic (exact) mass is 292 g/mol. The van der Waals surface area contributed by atoms with Crippen molar-refractivity contribution in [3.63, 3.8) is 0 Å². The number of fused-ring (bicyclic) bond motifs is 3. The maximum absolute atomic E-state index is 6.15. The highest BCUT2D eigenvalue weighted by atomic mass is 35.5. The zero-order chi connectivity index (χ0) is 13.7. The van der Waals surface area contributed by atoms with Crippen LogP contribution in [-0.2, 0) is 0 Å². The second kappa shape index (κ2) is 4.41. The van der Waals surface area contributed by atoms with Crippen LogP contribution in [0.25, 0.3) is 11.1 Å². The van der Waals surface area contributed by atoms with Gasteiger partial charge in [0.1, 0.15) is 0 Å². The standard InChI is InChI=1S/C15H14Cl2N2/c1-19(2)15-11-5-8(16)3-4-10(11)14-12(15)6-9(17)7-13(14)18/h3-7,15H,18H2,1-2H3. The highest BCUT2D eigenvalue weighted by Crippen LogP contribution is 2.49. The van der Waals surface area contributed by atoms with Gasteiger partial charge in [0.2, 0.25) is 0 Å². The summed E-state index contributed by atoms with van der Waals surface area (Å²) in [6.07, 6.45) is 0. The van der Waals surface area contributed by atoms with Crippen LogP contribution >= 0.6 is 23.2 Å². The van der Waals surface area contributed by atoms with Crippen LogP contribution in [0, 0.1) is 0 Å². The molecule has 0 saturated heterocycles. The van der Waals surface area contributed by atoms with E-state index in [0.717, 1.165) is 27.4 Å². The number of benzene rings is 2. The Morgan fingerprint density at radius 3 is 2.37 bits per heavy atom. The number of nitrogen functional groups attached to an aromatic ring is 1. The fourth-order valence-corrected chi connectivity index (χ4v) is 3.30. The Morgan fingerprint density at radius 1 is 1.00 bits per heavy atom. The summed E-state index contributed by atoms with van der Waals surface area (Å²) in [6, 6.07) is 9.88. The number of rotatable bonds is 1. The molecule has 2 N–H and O–H groups in total. The molecule has 1 atom stereocenters. The average Bonchev–Trinajstić information content (AvgIpc) is 2.61. The second-order valence-electron chi connectivity index (χ2n) is 5.06. The lowest BCUT2D eigenvalue weighted by atomic mass is 10.0. The smallest absolute Gasteiger partial charge is 0.0610 e. The third-order valence-electron chi connectivity index (χ3n) is 3.55. The van der Waals surface area contributed by atoms with Crippen LogP contribution in [0.4, 0.5) is 5.69 Å². The molecule has 0 fully saturated rings. The van der Waals surface area contributed by atoms with Crippen molar-refractivity contribution in [1.29, 1.82) is 0 Å². The number of nitrogens with zero attached hydrogens (tertiary/aromatic N) is 1. The molecule has 98 valence electrons. The van der Waals surface area contributed by atoms with Crippen molar-refractivity contribution in [1.82, 2.24) is 4.90 Å². The largest absolute Gasteiger partial charge is 0.398 e. The third kappa shape index (κ3) is 1.91. The van der Waals surface area contributed by atoms with Crippen LogP contribution in [0.1, 0.15) is 17.2 Å². The van der Waals surface area contributed by atoms with Gasteiger partial charge in [0.25, 0.3) is 0 Å². The highest BCUT2D eigenvalue weighted by molar-refractivity contribution is 6.31. The van der Waals surface area contributed by atoms with Crippen LogP contribution < -0.4 is 5.73 Å². The molecule has 2 nitrogen and oxygen atoms in total. The zero-order valence-electron chi connectivity index (χ0n) is 10.7. The number of hydrogen-bond donors (Lipinski definition) is 1. The Hall–Kier alpha value is -1.22. The van der Waals surface area contributed by atoms with E-state index in [1.54, 1.807) is 6.07 Å². The Morgan fingerprint density at radius 2 is 1.68 bits per heavy atom. The van der Waals surface area contributed by atoms with E-state index in [2.05, 4.69) is 4.90 Å². The van der Waals surface area contributed by atoms with Crippen molar-refractivity contribution in [2.75, 3.05) is 19.8 Å². The summed E-state index contributed by atoms with van der Waals surface area (Å²) in [5.41, 5.74) is 11.4. The minimum absolute atomic E-state index is 0.143. The van der Waals surface area contributed by atoms with Crippen LogP contribution in [-0.4, -0.2) is 19.0 Å². The molecule has 19 heavy (non-hydrogen) atoms. The van der Waals surface area contributed by atoms with Gasteiger partial charge in [-0.25, -0.2) is 0 Å². The molecule has 0 heterocycles. The Labute approximate surface area is 122 Å². The van der Waals surface area contributed by atoms with Crippen LogP contribution in [0.5, 0.6) is 0 Å². The summed E-state index contributed by atoms with van der Waals surface area (Å²) in [6.45, 7) is 0. The lowest BCUT2D eigenvalue weighted by molar-refractivity contribution is 0.348. The molecule has 2 aromatic carbocycles. The zero-order valence-corrected chi connectivity index (χ0v) is 12.3. The quantitative estimate of drug-likeness (QED) is 0.798. The van der Waals surface area contributed by atoms with Crippen molar-refractivity contribution >= 4 is 28.9 Å². The van der Waals surface area contributed by atoms with E-state index in [4.69, 9.17) is 28.9 Å². The molecule has 0 saturated carbocycles. The Bertz CT molecular complexity index is 665. The molecule has 3 rings (SSSR count). The molecular formula is C15H14Cl2N2. The molecule has 0 spiro atoms. The maximum Gasteiger partial charge on any atom is 0.0610 e. The van der Waals surface area contributed by atoms with Gasteiger partial charge in [-0.3, -0.25) is 4.90 Å². The number of hydrogen-bond acceptors (Lipinski definition) is 2. The molecule has 2 aromatic rings. The molecule has 0 amide bonds. The van der Waals surface area contributed by atoms with E-state index in [1.165, 1.54) is 5.56 Å². The van der Waals surface area contributed by atoms with E-state index in [9.17, 15) is 0 Å². The van der Waals surface area contributed by atoms with Crippen molar-refractivity contribution < 1.29 is 0 Å². The lowest BCUT2D eigenvalue weighted by Crippen LogP contribution is -2.19. The van der Waals surface area contributed by atoms with Gasteiger partial charge in [-0.2, -0.15) is 0 Å². The fraction of sp³-hybridized carbons (Fsp3) is 0.200. The van der Waals surface area contributed by atoms with Gasteiger partial charge in [-0.15, -0.1) is 0 Å². The summed E-state index contributed by atoms with van der Waals surface area (Å²) in [4.78, 5) is 2.15. The van der Waals surface area contributed by atoms with Crippen LogP contribution in [0.15, 0.2) is 30.3 Å². The number of nitrogens with two attached hydrogens (primary N) is 1. The third-order valence-corrected chi connectivity index (χ3v) is 4.01. The van der Waals surface area contributed by atoms with Crippen molar-refractivity contribution in [2.45, 2.75) is 6.04 Å². The van der Waals surface area contributed by atoms with E-state index >= 15 is 0 Å². The van der Waals surface area contributed by atoms with E-state index in [1.807, 2.05) is 38.4 Å². The summed E-state index contributed by atoms with van der Waals surface area (Å²) in [5.74, 6) is 0. The second-order valence-corrected chi connectivity index (χ2v) is 5.93. The maximum atomic E-state index is 6.15. The van der Waals surface area contributed by atoms with Crippen molar-refractivity contribution in [3.8, 4) is 11.1 Å². The minimum Gasteiger partial charge on any atom is -0.398 e. The summed E-state index contributed by atoms with van der Waals surface area (Å²) < 4.78 is 0. The van der Waals surface area contributed by atoms with Crippen LogP contribution in [0.2, 0.25) is 10.0 Å². The van der Waals surface area contributed by atoms with Gasteiger partial charge in [-0.05, 0) is 55.1 Å². The number of halogens is 2. The van der Waals surface area contributed by atoms with E-state index < -0.39 is 0 Å². The molecule has 0 aliphatic heterocycles. The highest BCUT2D eigenvalue weighted by Gasteiger charge is 2.32. The van der Waals surface area contributed by atoms with Gasteiger partial charge in [0.05, 0.1) is 6.04 Å². The fourth-order valence-electron chi connectivity index (χ4n) is 2.89. The number of anilines is 1. The lowest BCUT2D eigenvalue weighted by Gasteiger charge is -2.22. The van der Waals surface area contributed by atoms with Gasteiger partial charge in [0.15, 0.2) is 0 Å². The molecule has 1 unspecified atom stereocenters. The first-order valence-corrected chi connectivity index (χ1v) is 6.80. The first-order valence-electron chi connectivity index (χ1n) is 6.04.